The van der Waals surface area contributed by atoms with Crippen LogP contribution in [-0.2, 0) is 4.79 Å². The average molecular weight is 157 g/mol. The van der Waals surface area contributed by atoms with E-state index in [1.54, 1.807) is 0 Å². The second-order valence-corrected chi connectivity index (χ2v) is 3.46. The Balaban J connectivity index is 2.75. The Kier molecular flexibility index (Phi) is 2.18. The van der Waals surface area contributed by atoms with E-state index in [0.717, 1.165) is 13.0 Å². The molecule has 0 bridgehead atoms. The van der Waals surface area contributed by atoms with Gasteiger partial charge in [0, 0.05) is 6.54 Å². The van der Waals surface area contributed by atoms with Crippen molar-refractivity contribution in [2.75, 3.05) is 13.1 Å². The van der Waals surface area contributed by atoms with Crippen LogP contribution in [0.1, 0.15) is 20.3 Å². The van der Waals surface area contributed by atoms with Crippen molar-refractivity contribution in [3.05, 3.63) is 0 Å². The summed E-state index contributed by atoms with van der Waals surface area (Å²) in [6, 6.07) is 0. The summed E-state index contributed by atoms with van der Waals surface area (Å²) in [5.74, 6) is -0.380. The molecule has 64 valence electrons. The second kappa shape index (κ2) is 2.81. The van der Waals surface area contributed by atoms with Gasteiger partial charge in [-0.15, -0.1) is 0 Å². The van der Waals surface area contributed by atoms with E-state index in [1.807, 2.05) is 13.8 Å². The van der Waals surface area contributed by atoms with Gasteiger partial charge >= 0.3 is 5.97 Å². The molecule has 1 aliphatic rings. The van der Waals surface area contributed by atoms with Crippen LogP contribution in [0.3, 0.4) is 0 Å². The number of nitrogens with one attached hydrogen (secondary N) is 1. The van der Waals surface area contributed by atoms with Crippen molar-refractivity contribution in [3.63, 3.8) is 0 Å². The van der Waals surface area contributed by atoms with Gasteiger partial charge < -0.3 is 10.4 Å². The third-order valence-electron chi connectivity index (χ3n) is 2.77. The molecule has 0 aliphatic carbocycles. The molecule has 0 aromatic rings. The number of aliphatic carboxylic acids is 1. The first kappa shape index (κ1) is 8.53. The minimum absolute atomic E-state index is 0.292. The van der Waals surface area contributed by atoms with E-state index in [-0.39, 0.29) is 0 Å². The third kappa shape index (κ3) is 1.25. The Bertz CT molecular complexity index is 169. The highest BCUT2D eigenvalue weighted by Gasteiger charge is 2.43. The number of hydrogen-bond donors (Lipinski definition) is 2. The normalized spacial score (nSPS) is 37.5. The lowest BCUT2D eigenvalue weighted by molar-refractivity contribution is -0.149. The summed E-state index contributed by atoms with van der Waals surface area (Å²) in [5.41, 5.74) is -0.533. The zero-order valence-corrected chi connectivity index (χ0v) is 7.05. The quantitative estimate of drug-likeness (QED) is 0.620. The lowest BCUT2D eigenvalue weighted by atomic mass is 9.79. The molecule has 0 unspecified atom stereocenters. The Hall–Kier alpha value is -0.570. The monoisotopic (exact) mass is 157 g/mol. The van der Waals surface area contributed by atoms with Crippen LogP contribution in [0.2, 0.25) is 0 Å². The minimum Gasteiger partial charge on any atom is -0.481 e. The number of hydrogen-bond acceptors (Lipinski definition) is 2. The summed E-state index contributed by atoms with van der Waals surface area (Å²) in [4.78, 5) is 10.9. The highest BCUT2D eigenvalue weighted by molar-refractivity contribution is 5.75. The fourth-order valence-electron chi connectivity index (χ4n) is 1.72. The Labute approximate surface area is 66.8 Å². The third-order valence-corrected chi connectivity index (χ3v) is 2.77. The molecule has 1 fully saturated rings. The summed E-state index contributed by atoms with van der Waals surface area (Å²) in [5, 5.41) is 12.0. The van der Waals surface area contributed by atoms with Gasteiger partial charge in [-0.1, -0.05) is 13.3 Å². The fourth-order valence-corrected chi connectivity index (χ4v) is 1.72. The lowest BCUT2D eigenvalue weighted by Gasteiger charge is -2.24. The SMILES string of the molecule is CC[C@H]1CNC[C@@]1(C)C(=O)O. The van der Waals surface area contributed by atoms with Gasteiger partial charge in [0.25, 0.3) is 0 Å². The molecule has 0 radical (unpaired) electrons. The van der Waals surface area contributed by atoms with Gasteiger partial charge in [0.1, 0.15) is 0 Å². The molecule has 0 aromatic carbocycles. The van der Waals surface area contributed by atoms with Crippen LogP contribution in [0.25, 0.3) is 0 Å². The maximum atomic E-state index is 10.9. The van der Waals surface area contributed by atoms with Gasteiger partial charge in [-0.25, -0.2) is 0 Å². The molecule has 2 atom stereocenters. The van der Waals surface area contributed by atoms with Crippen LogP contribution in [0.5, 0.6) is 0 Å². The predicted octanol–water partition coefficient (Wildman–Crippen LogP) is 0.707. The Morgan fingerprint density at radius 3 is 2.82 bits per heavy atom. The van der Waals surface area contributed by atoms with Crippen molar-refractivity contribution < 1.29 is 9.90 Å². The molecule has 1 aliphatic heterocycles. The summed E-state index contributed by atoms with van der Waals surface area (Å²) in [7, 11) is 0. The van der Waals surface area contributed by atoms with E-state index in [2.05, 4.69) is 5.32 Å². The maximum absolute atomic E-state index is 10.9. The maximum Gasteiger partial charge on any atom is 0.310 e. The first-order chi connectivity index (χ1) is 5.11. The van der Waals surface area contributed by atoms with Crippen LogP contribution >= 0.6 is 0 Å². The van der Waals surface area contributed by atoms with Crippen molar-refractivity contribution in [2.24, 2.45) is 11.3 Å². The van der Waals surface area contributed by atoms with Gasteiger partial charge in [-0.2, -0.15) is 0 Å². The van der Waals surface area contributed by atoms with Crippen molar-refractivity contribution in [1.82, 2.24) is 5.32 Å². The second-order valence-electron chi connectivity index (χ2n) is 3.46. The van der Waals surface area contributed by atoms with Crippen molar-refractivity contribution in [3.8, 4) is 0 Å². The molecular weight excluding hydrogens is 142 g/mol. The van der Waals surface area contributed by atoms with E-state index in [9.17, 15) is 4.79 Å². The van der Waals surface area contributed by atoms with Gasteiger partial charge in [0.15, 0.2) is 0 Å². The van der Waals surface area contributed by atoms with Crippen molar-refractivity contribution in [1.29, 1.82) is 0 Å². The standard InChI is InChI=1S/C8H15NO2/c1-3-6-4-9-5-8(6,2)7(10)11/h6,9H,3-5H2,1-2H3,(H,10,11)/t6-,8+/m0/s1. The molecule has 0 spiro atoms. The topological polar surface area (TPSA) is 49.3 Å². The van der Waals surface area contributed by atoms with Gasteiger partial charge in [-0.3, -0.25) is 4.79 Å². The molecule has 1 heterocycles. The van der Waals surface area contributed by atoms with E-state index in [4.69, 9.17) is 5.11 Å². The van der Waals surface area contributed by atoms with Crippen LogP contribution in [0, 0.1) is 11.3 Å². The van der Waals surface area contributed by atoms with E-state index in [1.165, 1.54) is 0 Å². The van der Waals surface area contributed by atoms with Crippen LogP contribution < -0.4 is 5.32 Å². The fraction of sp³-hybridized carbons (Fsp3) is 0.875. The highest BCUT2D eigenvalue weighted by atomic mass is 16.4. The van der Waals surface area contributed by atoms with Gasteiger partial charge in [-0.05, 0) is 19.4 Å². The number of carboxylic acids is 1. The summed E-state index contributed by atoms with van der Waals surface area (Å²) < 4.78 is 0. The summed E-state index contributed by atoms with van der Waals surface area (Å²) in [6.07, 6.45) is 0.940. The zero-order valence-electron chi connectivity index (χ0n) is 7.05. The first-order valence-corrected chi connectivity index (χ1v) is 4.05. The van der Waals surface area contributed by atoms with E-state index < -0.39 is 11.4 Å². The zero-order chi connectivity index (χ0) is 8.48. The molecule has 11 heavy (non-hydrogen) atoms. The Morgan fingerprint density at radius 1 is 1.82 bits per heavy atom. The first-order valence-electron chi connectivity index (χ1n) is 4.05. The summed E-state index contributed by atoms with van der Waals surface area (Å²) >= 11 is 0. The Morgan fingerprint density at radius 2 is 2.45 bits per heavy atom. The number of carbonyl (C=O) groups is 1. The largest absolute Gasteiger partial charge is 0.481 e. The average Bonchev–Trinajstić information content (AvgIpc) is 2.32. The smallest absolute Gasteiger partial charge is 0.310 e. The van der Waals surface area contributed by atoms with Gasteiger partial charge in [0.2, 0.25) is 0 Å². The van der Waals surface area contributed by atoms with Crippen molar-refractivity contribution in [2.45, 2.75) is 20.3 Å². The van der Waals surface area contributed by atoms with E-state index in [0.29, 0.717) is 12.5 Å². The van der Waals surface area contributed by atoms with Gasteiger partial charge in [0.05, 0.1) is 5.41 Å². The number of rotatable bonds is 2. The van der Waals surface area contributed by atoms with Crippen molar-refractivity contribution >= 4 is 5.97 Å². The molecular formula is C8H15NO2. The molecule has 3 nitrogen and oxygen atoms in total. The van der Waals surface area contributed by atoms with Crippen LogP contribution in [0.15, 0.2) is 0 Å². The minimum atomic E-state index is -0.672. The molecule has 3 heteroatoms. The molecule has 1 saturated heterocycles. The number of carboxylic acid groups (broad SMARTS) is 1. The molecule has 2 N–H and O–H groups in total. The molecule has 0 saturated carbocycles. The lowest BCUT2D eigenvalue weighted by Crippen LogP contribution is -2.35. The molecule has 1 rings (SSSR count). The predicted molar refractivity (Wildman–Crippen MR) is 42.4 cm³/mol. The van der Waals surface area contributed by atoms with Crippen LogP contribution in [0.4, 0.5) is 0 Å². The van der Waals surface area contributed by atoms with E-state index >= 15 is 0 Å². The highest BCUT2D eigenvalue weighted by Crippen LogP contribution is 2.33. The molecule has 0 amide bonds. The van der Waals surface area contributed by atoms with Crippen LogP contribution in [-0.4, -0.2) is 24.2 Å². The molecule has 0 aromatic heterocycles. The summed E-state index contributed by atoms with van der Waals surface area (Å²) in [6.45, 7) is 5.32.